The predicted molar refractivity (Wildman–Crippen MR) is 64.9 cm³/mol. The highest BCUT2D eigenvalue weighted by Gasteiger charge is 2.29. The van der Waals surface area contributed by atoms with Gasteiger partial charge in [0.1, 0.15) is 0 Å². The quantitative estimate of drug-likeness (QED) is 0.832. The number of fused-ring (bicyclic) bond motifs is 1. The van der Waals surface area contributed by atoms with Crippen molar-refractivity contribution in [3.63, 3.8) is 0 Å². The van der Waals surface area contributed by atoms with Gasteiger partial charge in [-0.15, -0.1) is 5.10 Å². The molecule has 2 N–H and O–H groups in total. The number of aromatic nitrogens is 3. The molecule has 0 bridgehead atoms. The Hall–Kier alpha value is -1.62. The summed E-state index contributed by atoms with van der Waals surface area (Å²) in [6.45, 7) is 2.55. The van der Waals surface area contributed by atoms with Crippen molar-refractivity contribution in [1.29, 1.82) is 0 Å². The molecule has 1 aliphatic carbocycles. The highest BCUT2D eigenvalue weighted by molar-refractivity contribution is 5.44. The lowest BCUT2D eigenvalue weighted by molar-refractivity contribution is 0.164. The maximum absolute atomic E-state index is 9.74. The van der Waals surface area contributed by atoms with Crippen LogP contribution in [0.1, 0.15) is 18.4 Å². The van der Waals surface area contributed by atoms with Gasteiger partial charge in [0.05, 0.1) is 6.10 Å². The first kappa shape index (κ1) is 10.5. The molecule has 5 heteroatoms. The first-order chi connectivity index (χ1) is 8.22. The van der Waals surface area contributed by atoms with Gasteiger partial charge in [-0.25, -0.2) is 4.52 Å². The van der Waals surface area contributed by atoms with Crippen LogP contribution in [0.4, 0.5) is 5.95 Å². The van der Waals surface area contributed by atoms with Crippen molar-refractivity contribution in [1.82, 2.24) is 14.6 Å². The van der Waals surface area contributed by atoms with Crippen LogP contribution in [0.5, 0.6) is 0 Å². The SMILES string of the molecule is Cc1ccc2nc(NCC(O)C3CC3)nn2c1. The van der Waals surface area contributed by atoms with Crippen molar-refractivity contribution < 1.29 is 5.11 Å². The fourth-order valence-electron chi connectivity index (χ4n) is 1.90. The van der Waals surface area contributed by atoms with Crippen LogP contribution in [0.25, 0.3) is 5.65 Å². The zero-order valence-electron chi connectivity index (χ0n) is 9.80. The van der Waals surface area contributed by atoms with E-state index in [-0.39, 0.29) is 6.10 Å². The minimum absolute atomic E-state index is 0.275. The van der Waals surface area contributed by atoms with E-state index in [2.05, 4.69) is 15.4 Å². The summed E-state index contributed by atoms with van der Waals surface area (Å²) in [6.07, 6.45) is 3.94. The molecule has 1 saturated carbocycles. The minimum atomic E-state index is -0.275. The molecule has 1 aliphatic rings. The molecular weight excluding hydrogens is 216 g/mol. The smallest absolute Gasteiger partial charge is 0.243 e. The Labute approximate surface area is 99.5 Å². The summed E-state index contributed by atoms with van der Waals surface area (Å²) < 4.78 is 1.75. The molecule has 0 amide bonds. The van der Waals surface area contributed by atoms with Gasteiger partial charge in [0.15, 0.2) is 5.65 Å². The Morgan fingerprint density at radius 3 is 3.12 bits per heavy atom. The largest absolute Gasteiger partial charge is 0.391 e. The highest BCUT2D eigenvalue weighted by Crippen LogP contribution is 2.32. The number of anilines is 1. The fourth-order valence-corrected chi connectivity index (χ4v) is 1.90. The monoisotopic (exact) mass is 232 g/mol. The molecule has 0 aliphatic heterocycles. The van der Waals surface area contributed by atoms with Crippen LogP contribution < -0.4 is 5.32 Å². The number of nitrogens with one attached hydrogen (secondary N) is 1. The lowest BCUT2D eigenvalue weighted by atomic mass is 10.2. The van der Waals surface area contributed by atoms with Crippen molar-refractivity contribution in [3.05, 3.63) is 23.9 Å². The Bertz CT molecular complexity index is 532. The molecule has 0 spiro atoms. The summed E-state index contributed by atoms with van der Waals surface area (Å²) >= 11 is 0. The van der Waals surface area contributed by atoms with Crippen LogP contribution in [-0.2, 0) is 0 Å². The van der Waals surface area contributed by atoms with Crippen molar-refractivity contribution in [3.8, 4) is 0 Å². The summed E-state index contributed by atoms with van der Waals surface area (Å²) in [7, 11) is 0. The predicted octanol–water partition coefficient (Wildman–Crippen LogP) is 1.22. The Morgan fingerprint density at radius 1 is 1.53 bits per heavy atom. The molecule has 1 atom stereocenters. The number of hydrogen-bond acceptors (Lipinski definition) is 4. The summed E-state index contributed by atoms with van der Waals surface area (Å²) in [5.41, 5.74) is 1.96. The van der Waals surface area contributed by atoms with E-state index in [0.29, 0.717) is 18.4 Å². The van der Waals surface area contributed by atoms with E-state index in [1.165, 1.54) is 0 Å². The van der Waals surface area contributed by atoms with Crippen molar-refractivity contribution >= 4 is 11.6 Å². The van der Waals surface area contributed by atoms with E-state index in [0.717, 1.165) is 24.1 Å². The zero-order valence-corrected chi connectivity index (χ0v) is 9.80. The summed E-state index contributed by atoms with van der Waals surface area (Å²) in [5, 5.41) is 17.1. The molecule has 17 heavy (non-hydrogen) atoms. The van der Waals surface area contributed by atoms with Gasteiger partial charge in [-0.05, 0) is 37.3 Å². The van der Waals surface area contributed by atoms with Crippen molar-refractivity contribution in [2.24, 2.45) is 5.92 Å². The fraction of sp³-hybridized carbons (Fsp3) is 0.500. The molecule has 0 aromatic carbocycles. The Balaban J connectivity index is 1.72. The molecule has 3 rings (SSSR count). The van der Waals surface area contributed by atoms with Crippen molar-refractivity contribution in [2.45, 2.75) is 25.9 Å². The average Bonchev–Trinajstić information content (AvgIpc) is 3.07. The van der Waals surface area contributed by atoms with Crippen LogP contribution in [-0.4, -0.2) is 32.4 Å². The number of nitrogens with zero attached hydrogens (tertiary/aromatic N) is 3. The second-order valence-corrected chi connectivity index (χ2v) is 4.73. The summed E-state index contributed by atoms with van der Waals surface area (Å²) in [5.74, 6) is 1.05. The molecule has 2 heterocycles. The molecule has 1 fully saturated rings. The van der Waals surface area contributed by atoms with Gasteiger partial charge in [0, 0.05) is 12.7 Å². The highest BCUT2D eigenvalue weighted by atomic mass is 16.3. The summed E-state index contributed by atoms with van der Waals surface area (Å²) in [6, 6.07) is 3.94. The van der Waals surface area contributed by atoms with Crippen molar-refractivity contribution in [2.75, 3.05) is 11.9 Å². The third-order valence-corrected chi connectivity index (χ3v) is 3.11. The number of rotatable bonds is 4. The van der Waals surface area contributed by atoms with Crippen LogP contribution in [0.2, 0.25) is 0 Å². The maximum atomic E-state index is 9.74. The molecule has 0 radical (unpaired) electrons. The van der Waals surface area contributed by atoms with E-state index >= 15 is 0 Å². The molecule has 90 valence electrons. The van der Waals surface area contributed by atoms with Gasteiger partial charge in [-0.1, -0.05) is 6.07 Å². The van der Waals surface area contributed by atoms with Crippen LogP contribution in [0.15, 0.2) is 18.3 Å². The third-order valence-electron chi connectivity index (χ3n) is 3.11. The average molecular weight is 232 g/mol. The second-order valence-electron chi connectivity index (χ2n) is 4.73. The van der Waals surface area contributed by atoms with Gasteiger partial charge in [-0.2, -0.15) is 4.98 Å². The zero-order chi connectivity index (χ0) is 11.8. The van der Waals surface area contributed by atoms with Crippen LogP contribution in [0.3, 0.4) is 0 Å². The van der Waals surface area contributed by atoms with E-state index in [1.54, 1.807) is 4.52 Å². The van der Waals surface area contributed by atoms with E-state index in [9.17, 15) is 5.11 Å². The Kier molecular flexibility index (Phi) is 2.48. The van der Waals surface area contributed by atoms with Crippen LogP contribution in [0, 0.1) is 12.8 Å². The first-order valence-electron chi connectivity index (χ1n) is 5.97. The summed E-state index contributed by atoms with van der Waals surface area (Å²) in [4.78, 5) is 4.34. The minimum Gasteiger partial charge on any atom is -0.391 e. The molecule has 1 unspecified atom stereocenters. The molecule has 0 saturated heterocycles. The van der Waals surface area contributed by atoms with Gasteiger partial charge < -0.3 is 10.4 Å². The molecule has 5 nitrogen and oxygen atoms in total. The number of hydrogen-bond donors (Lipinski definition) is 2. The number of aryl methyl sites for hydroxylation is 1. The number of aliphatic hydroxyl groups excluding tert-OH is 1. The molecule has 2 aromatic heterocycles. The lowest BCUT2D eigenvalue weighted by Crippen LogP contribution is -2.21. The normalized spacial score (nSPS) is 17.3. The topological polar surface area (TPSA) is 62.5 Å². The van der Waals surface area contributed by atoms with Gasteiger partial charge in [0.2, 0.25) is 5.95 Å². The number of pyridine rings is 1. The van der Waals surface area contributed by atoms with E-state index in [1.807, 2.05) is 25.3 Å². The first-order valence-corrected chi connectivity index (χ1v) is 5.97. The second kappa shape index (κ2) is 4.00. The molecule has 2 aromatic rings. The Morgan fingerprint density at radius 2 is 2.35 bits per heavy atom. The van der Waals surface area contributed by atoms with Gasteiger partial charge in [-0.3, -0.25) is 0 Å². The van der Waals surface area contributed by atoms with Gasteiger partial charge >= 0.3 is 0 Å². The molecular formula is C12H16N4O. The standard InChI is InChI=1S/C12H16N4O/c1-8-2-5-11-14-12(15-16(11)7-8)13-6-10(17)9-3-4-9/h2,5,7,9-10,17H,3-4,6H2,1H3,(H,13,15). The van der Waals surface area contributed by atoms with E-state index in [4.69, 9.17) is 0 Å². The maximum Gasteiger partial charge on any atom is 0.243 e. The third kappa shape index (κ3) is 2.24. The van der Waals surface area contributed by atoms with Crippen LogP contribution >= 0.6 is 0 Å². The van der Waals surface area contributed by atoms with Gasteiger partial charge in [0.25, 0.3) is 0 Å². The number of aliphatic hydroxyl groups is 1. The van der Waals surface area contributed by atoms with E-state index < -0.39 is 0 Å². The lowest BCUT2D eigenvalue weighted by Gasteiger charge is -2.08.